The molecular formula is C25H25N5OS. The molecule has 0 spiro atoms. The molecule has 1 N–H and O–H groups in total. The van der Waals surface area contributed by atoms with E-state index in [-0.39, 0.29) is 0 Å². The Morgan fingerprint density at radius 1 is 0.938 bits per heavy atom. The summed E-state index contributed by atoms with van der Waals surface area (Å²) in [5, 5.41) is 13.8. The van der Waals surface area contributed by atoms with E-state index in [2.05, 4.69) is 37.5 Å². The Balaban J connectivity index is 1.52. The maximum atomic E-state index is 5.76. The molecule has 4 aromatic rings. The molecule has 1 fully saturated rings. The van der Waals surface area contributed by atoms with E-state index in [0.29, 0.717) is 0 Å². The van der Waals surface area contributed by atoms with E-state index in [1.165, 1.54) is 30.6 Å². The van der Waals surface area contributed by atoms with Crippen LogP contribution in [0, 0.1) is 0 Å². The summed E-state index contributed by atoms with van der Waals surface area (Å²) in [6.07, 6.45) is 5.61. The zero-order chi connectivity index (χ0) is 21.8. The van der Waals surface area contributed by atoms with Gasteiger partial charge in [0.2, 0.25) is 5.13 Å². The molecule has 1 saturated heterocycles. The van der Waals surface area contributed by atoms with Gasteiger partial charge in [0.1, 0.15) is 16.6 Å². The van der Waals surface area contributed by atoms with Crippen LogP contribution in [0.2, 0.25) is 0 Å². The molecule has 2 aromatic carbocycles. The summed E-state index contributed by atoms with van der Waals surface area (Å²) in [6.45, 7) is 2.11. The van der Waals surface area contributed by atoms with Gasteiger partial charge in [-0.2, -0.15) is 0 Å². The second-order valence-corrected chi connectivity index (χ2v) is 8.71. The standard InChI is InChI=1S/C25H25N5OS/c1-31-21-12-8-11-20(24-28-29-25(32-24)27-19-9-4-2-5-10-19)23(21)18-13-14-26-22(17-18)30-15-6-3-7-16-30/h2,4-5,8-14,17H,3,6-7,15-16H2,1H3,(H,27,29). The van der Waals surface area contributed by atoms with Crippen LogP contribution < -0.4 is 15.0 Å². The second kappa shape index (κ2) is 9.36. The highest BCUT2D eigenvalue weighted by molar-refractivity contribution is 7.18. The normalized spacial score (nSPS) is 13.7. The molecule has 2 aromatic heterocycles. The smallest absolute Gasteiger partial charge is 0.210 e. The third kappa shape index (κ3) is 4.29. The number of para-hydroxylation sites is 1. The van der Waals surface area contributed by atoms with Crippen molar-refractivity contribution in [1.82, 2.24) is 15.2 Å². The second-order valence-electron chi connectivity index (χ2n) is 7.74. The number of nitrogens with one attached hydrogen (secondary N) is 1. The van der Waals surface area contributed by atoms with Crippen LogP contribution in [0.25, 0.3) is 21.7 Å². The van der Waals surface area contributed by atoms with Crippen LogP contribution in [0.3, 0.4) is 0 Å². The summed E-state index contributed by atoms with van der Waals surface area (Å²) in [4.78, 5) is 7.02. The van der Waals surface area contributed by atoms with Gasteiger partial charge in [-0.3, -0.25) is 0 Å². The third-order valence-electron chi connectivity index (χ3n) is 5.64. The van der Waals surface area contributed by atoms with E-state index in [9.17, 15) is 0 Å². The number of methoxy groups -OCH3 is 1. The molecule has 7 heteroatoms. The molecule has 162 valence electrons. The van der Waals surface area contributed by atoms with Crippen LogP contribution in [0.5, 0.6) is 5.75 Å². The zero-order valence-electron chi connectivity index (χ0n) is 18.0. The highest BCUT2D eigenvalue weighted by atomic mass is 32.1. The predicted molar refractivity (Wildman–Crippen MR) is 131 cm³/mol. The molecule has 0 saturated carbocycles. The Bertz CT molecular complexity index is 1190. The Morgan fingerprint density at radius 2 is 1.78 bits per heavy atom. The van der Waals surface area contributed by atoms with Gasteiger partial charge in [-0.05, 0) is 55.2 Å². The highest BCUT2D eigenvalue weighted by Gasteiger charge is 2.19. The summed E-state index contributed by atoms with van der Waals surface area (Å²) in [6, 6.07) is 20.3. The fourth-order valence-corrected chi connectivity index (χ4v) is 4.87. The number of piperidine rings is 1. The number of nitrogens with zero attached hydrogens (tertiary/aromatic N) is 4. The topological polar surface area (TPSA) is 63.2 Å². The molecule has 3 heterocycles. The molecule has 1 aliphatic rings. The van der Waals surface area contributed by atoms with Crippen LogP contribution in [-0.4, -0.2) is 35.4 Å². The maximum absolute atomic E-state index is 5.76. The van der Waals surface area contributed by atoms with E-state index in [1.807, 2.05) is 54.7 Å². The number of anilines is 3. The average Bonchev–Trinajstić information content (AvgIpc) is 3.33. The lowest BCUT2D eigenvalue weighted by molar-refractivity contribution is 0.416. The van der Waals surface area contributed by atoms with E-state index < -0.39 is 0 Å². The number of rotatable bonds is 6. The molecule has 0 unspecified atom stereocenters. The maximum Gasteiger partial charge on any atom is 0.210 e. The molecule has 0 bridgehead atoms. The van der Waals surface area contributed by atoms with Crippen LogP contribution in [0.1, 0.15) is 19.3 Å². The van der Waals surface area contributed by atoms with Crippen molar-refractivity contribution in [2.75, 3.05) is 30.4 Å². The van der Waals surface area contributed by atoms with Gasteiger partial charge < -0.3 is 15.0 Å². The molecule has 32 heavy (non-hydrogen) atoms. The van der Waals surface area contributed by atoms with E-state index >= 15 is 0 Å². The number of aromatic nitrogens is 3. The van der Waals surface area contributed by atoms with Gasteiger partial charge in [-0.1, -0.05) is 41.7 Å². The summed E-state index contributed by atoms with van der Waals surface area (Å²) < 4.78 is 5.76. The fraction of sp³-hybridized carbons (Fsp3) is 0.240. The van der Waals surface area contributed by atoms with Gasteiger partial charge in [0, 0.05) is 36.1 Å². The molecule has 0 aliphatic carbocycles. The monoisotopic (exact) mass is 443 g/mol. The molecule has 6 nitrogen and oxygen atoms in total. The lowest BCUT2D eigenvalue weighted by Gasteiger charge is -2.28. The minimum absolute atomic E-state index is 0.753. The molecule has 5 rings (SSSR count). The van der Waals surface area contributed by atoms with Crippen molar-refractivity contribution in [2.45, 2.75) is 19.3 Å². The molecular weight excluding hydrogens is 418 g/mol. The van der Waals surface area contributed by atoms with E-state index in [0.717, 1.165) is 57.2 Å². The zero-order valence-corrected chi connectivity index (χ0v) is 18.8. The number of benzene rings is 2. The van der Waals surface area contributed by atoms with Crippen molar-refractivity contribution in [3.8, 4) is 27.4 Å². The third-order valence-corrected chi connectivity index (χ3v) is 6.51. The number of ether oxygens (including phenoxy) is 1. The Labute approximate surface area is 191 Å². The Kier molecular flexibility index (Phi) is 5.98. The van der Waals surface area contributed by atoms with Crippen molar-refractivity contribution in [3.63, 3.8) is 0 Å². The lowest BCUT2D eigenvalue weighted by atomic mass is 9.99. The lowest BCUT2D eigenvalue weighted by Crippen LogP contribution is -2.30. The van der Waals surface area contributed by atoms with Crippen molar-refractivity contribution >= 4 is 28.0 Å². The Hall–Kier alpha value is -3.45. The SMILES string of the molecule is COc1cccc(-c2nnc(Nc3ccccc3)s2)c1-c1ccnc(N2CCCCC2)c1. The first-order valence-corrected chi connectivity index (χ1v) is 11.7. The highest BCUT2D eigenvalue weighted by Crippen LogP contribution is 2.41. The largest absolute Gasteiger partial charge is 0.496 e. The number of pyridine rings is 1. The number of hydrogen-bond donors (Lipinski definition) is 1. The van der Waals surface area contributed by atoms with Gasteiger partial charge >= 0.3 is 0 Å². The first kappa shape index (κ1) is 20.5. The van der Waals surface area contributed by atoms with Crippen LogP contribution in [0.15, 0.2) is 66.9 Å². The van der Waals surface area contributed by atoms with Crippen LogP contribution >= 0.6 is 11.3 Å². The van der Waals surface area contributed by atoms with Crippen molar-refractivity contribution in [3.05, 3.63) is 66.9 Å². The van der Waals surface area contributed by atoms with Crippen molar-refractivity contribution in [1.29, 1.82) is 0 Å². The summed E-state index contributed by atoms with van der Waals surface area (Å²) in [5.74, 6) is 1.83. The molecule has 0 atom stereocenters. The number of hydrogen-bond acceptors (Lipinski definition) is 7. The average molecular weight is 444 g/mol. The summed E-state index contributed by atoms with van der Waals surface area (Å²) in [5.41, 5.74) is 4.07. The van der Waals surface area contributed by atoms with Gasteiger partial charge in [0.05, 0.1) is 7.11 Å². The fourth-order valence-electron chi connectivity index (χ4n) is 4.07. The molecule has 0 amide bonds. The first-order valence-electron chi connectivity index (χ1n) is 10.9. The van der Waals surface area contributed by atoms with Gasteiger partial charge in [0.15, 0.2) is 0 Å². The minimum atomic E-state index is 0.753. The summed E-state index contributed by atoms with van der Waals surface area (Å²) in [7, 11) is 1.71. The quantitative estimate of drug-likeness (QED) is 0.394. The summed E-state index contributed by atoms with van der Waals surface area (Å²) >= 11 is 1.53. The molecule has 0 radical (unpaired) electrons. The van der Waals surface area contributed by atoms with Gasteiger partial charge in [-0.25, -0.2) is 4.98 Å². The minimum Gasteiger partial charge on any atom is -0.496 e. The predicted octanol–water partition coefficient (Wildman–Crippen LogP) is 6.01. The van der Waals surface area contributed by atoms with Crippen molar-refractivity contribution < 1.29 is 4.74 Å². The molecule has 1 aliphatic heterocycles. The van der Waals surface area contributed by atoms with E-state index in [4.69, 9.17) is 4.74 Å². The first-order chi connectivity index (χ1) is 15.8. The van der Waals surface area contributed by atoms with Crippen LogP contribution in [0.4, 0.5) is 16.6 Å². The Morgan fingerprint density at radius 3 is 2.59 bits per heavy atom. The van der Waals surface area contributed by atoms with Crippen LogP contribution in [-0.2, 0) is 0 Å². The van der Waals surface area contributed by atoms with Crippen molar-refractivity contribution in [2.24, 2.45) is 0 Å². The van der Waals surface area contributed by atoms with Gasteiger partial charge in [-0.15, -0.1) is 10.2 Å². The van der Waals surface area contributed by atoms with Gasteiger partial charge in [0.25, 0.3) is 0 Å². The van der Waals surface area contributed by atoms with E-state index in [1.54, 1.807) is 7.11 Å².